The van der Waals surface area contributed by atoms with Gasteiger partial charge in [-0.25, -0.2) is 4.98 Å². The first-order valence-electron chi connectivity index (χ1n) is 12.0. The van der Waals surface area contributed by atoms with Gasteiger partial charge in [0.25, 0.3) is 5.56 Å². The number of thioether (sulfide) groups is 1. The highest BCUT2D eigenvalue weighted by atomic mass is 32.2. The summed E-state index contributed by atoms with van der Waals surface area (Å²) in [6, 6.07) is 3.79. The van der Waals surface area contributed by atoms with E-state index in [9.17, 15) is 4.79 Å². The van der Waals surface area contributed by atoms with Crippen molar-refractivity contribution in [1.29, 1.82) is 0 Å². The third-order valence-electron chi connectivity index (χ3n) is 5.93. The van der Waals surface area contributed by atoms with Crippen molar-refractivity contribution in [2.24, 2.45) is 7.05 Å². The van der Waals surface area contributed by atoms with Crippen LogP contribution in [-0.4, -0.2) is 26.0 Å². The highest BCUT2D eigenvalue weighted by molar-refractivity contribution is 8.11. The third-order valence-corrected chi connectivity index (χ3v) is 7.11. The van der Waals surface area contributed by atoms with Crippen LogP contribution in [0.3, 0.4) is 0 Å². The molecule has 2 aromatic rings. The summed E-state index contributed by atoms with van der Waals surface area (Å²) in [5, 5.41) is 0. The number of pyridine rings is 1. The van der Waals surface area contributed by atoms with E-state index in [0.717, 1.165) is 37.9 Å². The SMILES string of the molecule is C/C=C(\S/C(C)=C\CC)c1cnc2c(c1)CN(C(=C\CC)/C(C)=C\c1nccc(=O)n1C)CC2. The van der Waals surface area contributed by atoms with Crippen LogP contribution >= 0.6 is 11.8 Å². The largest absolute Gasteiger partial charge is 0.367 e. The zero-order valence-corrected chi connectivity index (χ0v) is 22.1. The molecule has 0 saturated heterocycles. The molecule has 2 aromatic heterocycles. The summed E-state index contributed by atoms with van der Waals surface area (Å²) < 4.78 is 1.58. The Bertz CT molecular complexity index is 1200. The number of nitrogens with zero attached hydrogens (tertiary/aromatic N) is 4. The van der Waals surface area contributed by atoms with Crippen LogP contribution in [0.25, 0.3) is 11.0 Å². The van der Waals surface area contributed by atoms with Gasteiger partial charge in [-0.1, -0.05) is 43.8 Å². The lowest BCUT2D eigenvalue weighted by atomic mass is 10.0. The minimum absolute atomic E-state index is 0.0535. The average molecular weight is 477 g/mol. The third kappa shape index (κ3) is 6.17. The first kappa shape index (κ1) is 25.8. The molecule has 0 saturated carbocycles. The van der Waals surface area contributed by atoms with Crippen molar-refractivity contribution in [3.8, 4) is 0 Å². The highest BCUT2D eigenvalue weighted by Gasteiger charge is 2.21. The number of allylic oxidation sites excluding steroid dienone is 5. The van der Waals surface area contributed by atoms with Gasteiger partial charge in [0.2, 0.25) is 0 Å². The lowest BCUT2D eigenvalue weighted by Gasteiger charge is -2.33. The molecule has 1 aliphatic heterocycles. The monoisotopic (exact) mass is 476 g/mol. The van der Waals surface area contributed by atoms with E-state index in [-0.39, 0.29) is 5.56 Å². The summed E-state index contributed by atoms with van der Waals surface area (Å²) >= 11 is 1.81. The molecule has 6 heteroatoms. The van der Waals surface area contributed by atoms with E-state index in [1.54, 1.807) is 17.8 Å². The van der Waals surface area contributed by atoms with E-state index in [0.29, 0.717) is 5.82 Å². The first-order chi connectivity index (χ1) is 16.4. The zero-order chi connectivity index (χ0) is 24.7. The molecule has 0 amide bonds. The molecule has 0 bridgehead atoms. The molecule has 0 N–H and O–H groups in total. The number of rotatable bonds is 8. The van der Waals surface area contributed by atoms with Crippen LogP contribution in [0, 0.1) is 0 Å². The Morgan fingerprint density at radius 3 is 2.65 bits per heavy atom. The topological polar surface area (TPSA) is 51.0 Å². The molecular weight excluding hydrogens is 440 g/mol. The summed E-state index contributed by atoms with van der Waals surface area (Å²) in [5.41, 5.74) is 5.88. The van der Waals surface area contributed by atoms with E-state index in [4.69, 9.17) is 4.98 Å². The van der Waals surface area contributed by atoms with Gasteiger partial charge in [-0.05, 0) is 61.8 Å². The quantitative estimate of drug-likeness (QED) is 0.416. The molecule has 0 aromatic carbocycles. The van der Waals surface area contributed by atoms with Gasteiger partial charge in [0, 0.05) is 66.9 Å². The van der Waals surface area contributed by atoms with Crippen LogP contribution in [-0.2, 0) is 20.0 Å². The van der Waals surface area contributed by atoms with Crippen molar-refractivity contribution in [2.45, 2.75) is 60.4 Å². The van der Waals surface area contributed by atoms with E-state index < -0.39 is 0 Å². The fourth-order valence-corrected chi connectivity index (χ4v) is 5.12. The Labute approximate surface area is 208 Å². The zero-order valence-electron chi connectivity index (χ0n) is 21.3. The lowest BCUT2D eigenvalue weighted by molar-refractivity contribution is 0.324. The standard InChI is InChI=1S/C28H36N4OS/c1-7-10-21(5)34-26(9-3)22-17-23-19-32(15-13-24(23)30-18-22)25(11-8-2)20(4)16-27-29-14-12-28(33)31(27)6/h9-12,14,16-18H,7-8,13,15,19H2,1-6H3/b20-16-,21-10-,25-11-,26-9-. The van der Waals surface area contributed by atoms with Crippen LogP contribution in [0.1, 0.15) is 70.1 Å². The molecule has 1 aliphatic rings. The van der Waals surface area contributed by atoms with Gasteiger partial charge >= 0.3 is 0 Å². The number of aromatic nitrogens is 3. The van der Waals surface area contributed by atoms with E-state index in [1.165, 1.54) is 38.4 Å². The van der Waals surface area contributed by atoms with E-state index in [2.05, 4.69) is 68.8 Å². The van der Waals surface area contributed by atoms with Crippen molar-refractivity contribution in [1.82, 2.24) is 19.4 Å². The van der Waals surface area contributed by atoms with Gasteiger partial charge in [-0.2, -0.15) is 0 Å². The minimum Gasteiger partial charge on any atom is -0.367 e. The predicted octanol–water partition coefficient (Wildman–Crippen LogP) is 6.34. The van der Waals surface area contributed by atoms with Gasteiger partial charge in [-0.3, -0.25) is 14.3 Å². The summed E-state index contributed by atoms with van der Waals surface area (Å²) in [4.78, 5) is 26.2. The summed E-state index contributed by atoms with van der Waals surface area (Å²) in [5.74, 6) is 0.665. The number of hydrogen-bond donors (Lipinski definition) is 0. The van der Waals surface area contributed by atoms with Gasteiger partial charge in [0.15, 0.2) is 0 Å². The van der Waals surface area contributed by atoms with Gasteiger partial charge in [0.1, 0.15) is 5.82 Å². The summed E-state index contributed by atoms with van der Waals surface area (Å²) in [6.45, 7) is 12.4. The fraction of sp³-hybridized carbons (Fsp3) is 0.393. The van der Waals surface area contributed by atoms with Crippen LogP contribution in [0.15, 0.2) is 63.7 Å². The molecule has 0 aliphatic carbocycles. The smallest absolute Gasteiger partial charge is 0.253 e. The van der Waals surface area contributed by atoms with Gasteiger partial charge < -0.3 is 4.90 Å². The molecule has 0 unspecified atom stereocenters. The normalized spacial score (nSPS) is 15.5. The molecule has 34 heavy (non-hydrogen) atoms. The van der Waals surface area contributed by atoms with Crippen molar-refractivity contribution >= 4 is 22.7 Å². The second-order valence-corrected chi connectivity index (χ2v) is 9.79. The summed E-state index contributed by atoms with van der Waals surface area (Å²) in [7, 11) is 1.76. The molecule has 0 atom stereocenters. The van der Waals surface area contributed by atoms with Crippen molar-refractivity contribution in [2.75, 3.05) is 6.54 Å². The molecule has 0 spiro atoms. The maximum Gasteiger partial charge on any atom is 0.253 e. The van der Waals surface area contributed by atoms with Crippen LogP contribution in [0.2, 0.25) is 0 Å². The van der Waals surface area contributed by atoms with Gasteiger partial charge in [0.05, 0.1) is 0 Å². The van der Waals surface area contributed by atoms with Crippen LogP contribution in [0.5, 0.6) is 0 Å². The van der Waals surface area contributed by atoms with Crippen molar-refractivity contribution in [3.05, 3.63) is 91.9 Å². The lowest BCUT2D eigenvalue weighted by Crippen LogP contribution is -2.31. The molecule has 0 fully saturated rings. The molecule has 0 radical (unpaired) electrons. The maximum absolute atomic E-state index is 12.0. The first-order valence-corrected chi connectivity index (χ1v) is 12.8. The molecule has 3 rings (SSSR count). The van der Waals surface area contributed by atoms with Crippen molar-refractivity contribution < 1.29 is 0 Å². The highest BCUT2D eigenvalue weighted by Crippen LogP contribution is 2.35. The average Bonchev–Trinajstić information content (AvgIpc) is 2.83. The Hall–Kier alpha value is -2.86. The Kier molecular flexibility index (Phi) is 9.11. The Balaban J connectivity index is 1.89. The summed E-state index contributed by atoms with van der Waals surface area (Å²) in [6.07, 6.45) is 15.2. The minimum atomic E-state index is -0.0535. The molecule has 180 valence electrons. The second-order valence-electron chi connectivity index (χ2n) is 8.50. The van der Waals surface area contributed by atoms with Gasteiger partial charge in [-0.15, -0.1) is 0 Å². The Morgan fingerprint density at radius 2 is 1.94 bits per heavy atom. The predicted molar refractivity (Wildman–Crippen MR) is 145 cm³/mol. The Morgan fingerprint density at radius 1 is 1.18 bits per heavy atom. The number of hydrogen-bond acceptors (Lipinski definition) is 5. The van der Waals surface area contributed by atoms with Crippen molar-refractivity contribution in [3.63, 3.8) is 0 Å². The van der Waals surface area contributed by atoms with E-state index in [1.807, 2.05) is 24.0 Å². The second kappa shape index (κ2) is 12.0. The molecular formula is C28H36N4OS. The molecule has 5 nitrogen and oxygen atoms in total. The maximum atomic E-state index is 12.0. The number of fused-ring (bicyclic) bond motifs is 1. The molecule has 3 heterocycles. The van der Waals surface area contributed by atoms with Crippen LogP contribution < -0.4 is 5.56 Å². The van der Waals surface area contributed by atoms with Crippen LogP contribution in [0.4, 0.5) is 0 Å². The van der Waals surface area contributed by atoms with E-state index >= 15 is 0 Å². The fourth-order valence-electron chi connectivity index (χ4n) is 4.18.